The zero-order chi connectivity index (χ0) is 24.2. The summed E-state index contributed by atoms with van der Waals surface area (Å²) in [6, 6.07) is 21.4. The average molecular weight is 467 g/mol. The Balaban J connectivity index is 1.97. The van der Waals surface area contributed by atoms with E-state index in [2.05, 4.69) is 0 Å². The van der Waals surface area contributed by atoms with E-state index in [1.54, 1.807) is 55.5 Å². The fraction of sp³-hybridized carbons (Fsp3) is 0.296. The van der Waals surface area contributed by atoms with Crippen LogP contribution in [0.15, 0.2) is 78.9 Å². The van der Waals surface area contributed by atoms with Crippen LogP contribution in [0.25, 0.3) is 0 Å². The number of hydrogen-bond donors (Lipinski definition) is 1. The molecule has 0 amide bonds. The van der Waals surface area contributed by atoms with Crippen molar-refractivity contribution >= 4 is 5.97 Å². The van der Waals surface area contributed by atoms with E-state index in [1.807, 2.05) is 13.0 Å². The SMILES string of the molecule is CCCOC1(Oc2ccccc2)C(Oc2ccc(F)cc2)c2ccccc2OC1(CC)C(=O)O. The van der Waals surface area contributed by atoms with Gasteiger partial charge in [-0.2, -0.15) is 0 Å². The summed E-state index contributed by atoms with van der Waals surface area (Å²) >= 11 is 0. The molecule has 0 radical (unpaired) electrons. The van der Waals surface area contributed by atoms with Gasteiger partial charge in [-0.05, 0) is 48.9 Å². The summed E-state index contributed by atoms with van der Waals surface area (Å²) in [5.74, 6) is -2.49. The lowest BCUT2D eigenvalue weighted by atomic mass is 9.79. The molecular formula is C27H27FO6. The number of carboxylic acids is 1. The summed E-state index contributed by atoms with van der Waals surface area (Å²) in [4.78, 5) is 12.9. The third-order valence-electron chi connectivity index (χ3n) is 5.84. The van der Waals surface area contributed by atoms with Crippen LogP contribution < -0.4 is 14.2 Å². The van der Waals surface area contributed by atoms with Gasteiger partial charge in [-0.15, -0.1) is 0 Å². The summed E-state index contributed by atoms with van der Waals surface area (Å²) in [5.41, 5.74) is -1.39. The monoisotopic (exact) mass is 466 g/mol. The standard InChI is InChI=1S/C27H27FO6/c1-3-18-31-27(33-21-10-6-5-7-11-21)24(32-20-16-14-19(28)15-17-20)22-12-8-9-13-23(22)34-26(27,4-2)25(29)30/h5-17,24H,3-4,18H2,1-2H3,(H,29,30). The van der Waals surface area contributed by atoms with Crippen molar-refractivity contribution in [1.29, 1.82) is 0 Å². The molecule has 7 heteroatoms. The van der Waals surface area contributed by atoms with Gasteiger partial charge in [-0.3, -0.25) is 0 Å². The number of para-hydroxylation sites is 2. The number of carbonyl (C=O) groups is 1. The highest BCUT2D eigenvalue weighted by atomic mass is 19.1. The highest BCUT2D eigenvalue weighted by molar-refractivity contribution is 5.81. The topological polar surface area (TPSA) is 74.2 Å². The maximum absolute atomic E-state index is 13.6. The molecule has 0 saturated carbocycles. The Morgan fingerprint density at radius 3 is 2.29 bits per heavy atom. The van der Waals surface area contributed by atoms with Gasteiger partial charge in [0.1, 0.15) is 23.1 Å². The molecule has 3 aromatic carbocycles. The summed E-state index contributed by atoms with van der Waals surface area (Å²) in [7, 11) is 0. The van der Waals surface area contributed by atoms with Crippen LogP contribution in [-0.4, -0.2) is 29.1 Å². The molecular weight excluding hydrogens is 439 g/mol. The van der Waals surface area contributed by atoms with Crippen molar-refractivity contribution in [1.82, 2.24) is 0 Å². The van der Waals surface area contributed by atoms with Gasteiger partial charge in [0.25, 0.3) is 5.60 Å². The summed E-state index contributed by atoms with van der Waals surface area (Å²) < 4.78 is 39.0. The van der Waals surface area contributed by atoms with Crippen LogP contribution in [0.4, 0.5) is 4.39 Å². The Morgan fingerprint density at radius 2 is 1.65 bits per heavy atom. The van der Waals surface area contributed by atoms with Crippen molar-refractivity contribution in [2.75, 3.05) is 6.61 Å². The van der Waals surface area contributed by atoms with Crippen LogP contribution in [0.1, 0.15) is 38.4 Å². The molecule has 0 spiro atoms. The Kier molecular flexibility index (Phi) is 6.75. The van der Waals surface area contributed by atoms with Gasteiger partial charge in [-0.1, -0.05) is 50.2 Å². The van der Waals surface area contributed by atoms with E-state index in [1.165, 1.54) is 24.3 Å². The molecule has 3 unspecified atom stereocenters. The number of aliphatic carboxylic acids is 1. The Bertz CT molecular complexity index is 1120. The van der Waals surface area contributed by atoms with Crippen LogP contribution in [0.3, 0.4) is 0 Å². The molecule has 178 valence electrons. The molecule has 4 rings (SSSR count). The van der Waals surface area contributed by atoms with E-state index in [0.717, 1.165) is 0 Å². The molecule has 34 heavy (non-hydrogen) atoms. The fourth-order valence-corrected chi connectivity index (χ4v) is 4.19. The van der Waals surface area contributed by atoms with E-state index in [0.29, 0.717) is 29.2 Å². The van der Waals surface area contributed by atoms with E-state index >= 15 is 0 Å². The van der Waals surface area contributed by atoms with Crippen molar-refractivity contribution in [3.8, 4) is 17.2 Å². The second-order valence-electron chi connectivity index (χ2n) is 8.01. The predicted octanol–water partition coefficient (Wildman–Crippen LogP) is 5.77. The number of benzene rings is 3. The lowest BCUT2D eigenvalue weighted by Crippen LogP contribution is -2.72. The van der Waals surface area contributed by atoms with Gasteiger partial charge in [0.2, 0.25) is 0 Å². The molecule has 1 aliphatic heterocycles. The molecule has 3 atom stereocenters. The first-order valence-electron chi connectivity index (χ1n) is 11.3. The van der Waals surface area contributed by atoms with E-state index in [9.17, 15) is 14.3 Å². The van der Waals surface area contributed by atoms with Crippen molar-refractivity contribution < 1.29 is 33.2 Å². The Morgan fingerprint density at radius 1 is 0.971 bits per heavy atom. The molecule has 1 aliphatic rings. The number of halogens is 1. The average Bonchev–Trinajstić information content (AvgIpc) is 2.85. The third-order valence-corrected chi connectivity index (χ3v) is 5.84. The van der Waals surface area contributed by atoms with Crippen molar-refractivity contribution in [3.63, 3.8) is 0 Å². The summed E-state index contributed by atoms with van der Waals surface area (Å²) in [5, 5.41) is 10.6. The Hall–Kier alpha value is -3.58. The van der Waals surface area contributed by atoms with Crippen molar-refractivity contribution in [2.24, 2.45) is 0 Å². The van der Waals surface area contributed by atoms with Gasteiger partial charge in [-0.25, -0.2) is 9.18 Å². The van der Waals surface area contributed by atoms with Crippen LogP contribution in [0.5, 0.6) is 17.2 Å². The zero-order valence-electron chi connectivity index (χ0n) is 19.1. The van der Waals surface area contributed by atoms with Crippen molar-refractivity contribution in [3.05, 3.63) is 90.2 Å². The van der Waals surface area contributed by atoms with Crippen LogP contribution in [-0.2, 0) is 9.53 Å². The first-order valence-corrected chi connectivity index (χ1v) is 11.3. The highest BCUT2D eigenvalue weighted by Crippen LogP contribution is 2.52. The lowest BCUT2D eigenvalue weighted by molar-refractivity contribution is -0.316. The number of fused-ring (bicyclic) bond motifs is 1. The first-order chi connectivity index (χ1) is 16.5. The molecule has 3 aromatic rings. The minimum absolute atomic E-state index is 0.0243. The highest BCUT2D eigenvalue weighted by Gasteiger charge is 2.70. The van der Waals surface area contributed by atoms with Gasteiger partial charge in [0.05, 0.1) is 6.61 Å². The molecule has 0 bridgehead atoms. The predicted molar refractivity (Wildman–Crippen MR) is 124 cm³/mol. The molecule has 0 aliphatic carbocycles. The zero-order valence-corrected chi connectivity index (χ0v) is 19.1. The number of ether oxygens (including phenoxy) is 4. The quantitative estimate of drug-likeness (QED) is 0.404. The first kappa shape index (κ1) is 23.6. The third kappa shape index (κ3) is 4.07. The van der Waals surface area contributed by atoms with Crippen LogP contribution in [0.2, 0.25) is 0 Å². The summed E-state index contributed by atoms with van der Waals surface area (Å²) in [6.07, 6.45) is -0.425. The summed E-state index contributed by atoms with van der Waals surface area (Å²) in [6.45, 7) is 3.81. The molecule has 1 heterocycles. The normalized spacial score (nSPS) is 23.4. The smallest absolute Gasteiger partial charge is 0.355 e. The lowest BCUT2D eigenvalue weighted by Gasteiger charge is -2.52. The fourth-order valence-electron chi connectivity index (χ4n) is 4.19. The van der Waals surface area contributed by atoms with Crippen LogP contribution in [0, 0.1) is 5.82 Å². The number of rotatable bonds is 9. The number of carboxylic acid groups (broad SMARTS) is 1. The molecule has 1 N–H and O–H groups in total. The van der Waals surface area contributed by atoms with Crippen molar-refractivity contribution in [2.45, 2.75) is 44.2 Å². The molecule has 0 fully saturated rings. The molecule has 0 aromatic heterocycles. The molecule has 6 nitrogen and oxygen atoms in total. The van der Waals surface area contributed by atoms with Crippen LogP contribution >= 0.6 is 0 Å². The Labute approximate surface area is 197 Å². The van der Waals surface area contributed by atoms with Gasteiger partial charge < -0.3 is 24.1 Å². The maximum Gasteiger partial charge on any atom is 0.355 e. The second kappa shape index (κ2) is 9.73. The minimum Gasteiger partial charge on any atom is -0.478 e. The van der Waals surface area contributed by atoms with E-state index in [-0.39, 0.29) is 13.0 Å². The second-order valence-corrected chi connectivity index (χ2v) is 8.01. The number of hydrogen-bond acceptors (Lipinski definition) is 5. The minimum atomic E-state index is -1.95. The van der Waals surface area contributed by atoms with Gasteiger partial charge in [0.15, 0.2) is 6.10 Å². The largest absolute Gasteiger partial charge is 0.478 e. The van der Waals surface area contributed by atoms with Gasteiger partial charge in [0, 0.05) is 12.0 Å². The maximum atomic E-state index is 13.6. The van der Waals surface area contributed by atoms with Gasteiger partial charge >= 0.3 is 11.8 Å². The van der Waals surface area contributed by atoms with E-state index in [4.69, 9.17) is 18.9 Å². The molecule has 0 saturated heterocycles. The van der Waals surface area contributed by atoms with E-state index < -0.39 is 29.3 Å².